The predicted molar refractivity (Wildman–Crippen MR) is 82.4 cm³/mol. The van der Waals surface area contributed by atoms with Crippen molar-refractivity contribution in [2.45, 2.75) is 26.3 Å². The second-order valence-electron chi connectivity index (χ2n) is 5.94. The minimum atomic E-state index is 0.183. The molecule has 1 saturated heterocycles. The number of benzene rings is 1. The van der Waals surface area contributed by atoms with Gasteiger partial charge >= 0.3 is 0 Å². The lowest BCUT2D eigenvalue weighted by Crippen LogP contribution is -2.37. The number of hydrogen-bond acceptors (Lipinski definition) is 3. The monoisotopic (exact) mass is 288 g/mol. The first-order chi connectivity index (χ1) is 10.3. The van der Waals surface area contributed by atoms with Gasteiger partial charge < -0.3 is 15.0 Å². The molecule has 0 aromatic heterocycles. The number of nitrogens with one attached hydrogen (secondary N) is 1. The Kier molecular flexibility index (Phi) is 4.56. The van der Waals surface area contributed by atoms with Crippen LogP contribution in [0.1, 0.15) is 34.8 Å². The number of carbonyl (C=O) groups is 1. The quantitative estimate of drug-likeness (QED) is 0.919. The molecule has 0 saturated carbocycles. The second-order valence-corrected chi connectivity index (χ2v) is 5.94. The third kappa shape index (κ3) is 3.11. The first-order valence-corrected chi connectivity index (χ1v) is 7.98. The lowest BCUT2D eigenvalue weighted by atomic mass is 9.94. The van der Waals surface area contributed by atoms with E-state index in [0.29, 0.717) is 5.92 Å². The van der Waals surface area contributed by atoms with Crippen molar-refractivity contribution in [3.8, 4) is 0 Å². The zero-order valence-corrected chi connectivity index (χ0v) is 12.7. The number of rotatable bonds is 4. The molecule has 3 rings (SSSR count). The van der Waals surface area contributed by atoms with Gasteiger partial charge in [0.1, 0.15) is 0 Å². The van der Waals surface area contributed by atoms with E-state index in [2.05, 4.69) is 18.3 Å². The largest absolute Gasteiger partial charge is 0.381 e. The van der Waals surface area contributed by atoms with Crippen LogP contribution in [-0.4, -0.2) is 43.7 Å². The Morgan fingerprint density at radius 3 is 3.14 bits per heavy atom. The molecule has 2 aliphatic heterocycles. The minimum absolute atomic E-state index is 0.183. The van der Waals surface area contributed by atoms with Gasteiger partial charge in [-0.25, -0.2) is 0 Å². The summed E-state index contributed by atoms with van der Waals surface area (Å²) in [5.41, 5.74) is 3.41. The molecule has 4 heteroatoms. The van der Waals surface area contributed by atoms with Gasteiger partial charge in [0.15, 0.2) is 0 Å². The standard InChI is InChI=1S/C17H24N2O2/c1-2-19(11-13-7-9-21-12-13)17(20)16-5-3-4-14-10-18-8-6-15(14)16/h3-5,13,18H,2,6-12H2,1H3. The molecule has 2 aliphatic rings. The van der Waals surface area contributed by atoms with Gasteiger partial charge in [0.25, 0.3) is 5.91 Å². The number of fused-ring (bicyclic) bond motifs is 1. The maximum absolute atomic E-state index is 12.9. The van der Waals surface area contributed by atoms with E-state index in [0.717, 1.165) is 57.8 Å². The molecule has 21 heavy (non-hydrogen) atoms. The summed E-state index contributed by atoms with van der Waals surface area (Å²) in [4.78, 5) is 14.9. The normalized spacial score (nSPS) is 21.1. The molecule has 0 spiro atoms. The fourth-order valence-corrected chi connectivity index (χ4v) is 3.30. The van der Waals surface area contributed by atoms with Crippen molar-refractivity contribution < 1.29 is 9.53 Å². The smallest absolute Gasteiger partial charge is 0.254 e. The molecule has 1 amide bonds. The Morgan fingerprint density at radius 1 is 1.48 bits per heavy atom. The van der Waals surface area contributed by atoms with E-state index in [1.807, 2.05) is 17.0 Å². The van der Waals surface area contributed by atoms with E-state index >= 15 is 0 Å². The highest BCUT2D eigenvalue weighted by Gasteiger charge is 2.25. The predicted octanol–water partition coefficient (Wildman–Crippen LogP) is 1.83. The Hall–Kier alpha value is -1.39. The first-order valence-electron chi connectivity index (χ1n) is 7.98. The van der Waals surface area contributed by atoms with Crippen LogP contribution in [0.4, 0.5) is 0 Å². The van der Waals surface area contributed by atoms with Crippen LogP contribution in [0, 0.1) is 5.92 Å². The summed E-state index contributed by atoms with van der Waals surface area (Å²) >= 11 is 0. The summed E-state index contributed by atoms with van der Waals surface area (Å²) in [7, 11) is 0. The molecule has 2 heterocycles. The van der Waals surface area contributed by atoms with E-state index in [4.69, 9.17) is 4.74 Å². The first kappa shape index (κ1) is 14.5. The van der Waals surface area contributed by atoms with Crippen molar-refractivity contribution >= 4 is 5.91 Å². The number of ether oxygens (including phenoxy) is 1. The van der Waals surface area contributed by atoms with E-state index < -0.39 is 0 Å². The maximum atomic E-state index is 12.9. The zero-order valence-electron chi connectivity index (χ0n) is 12.7. The number of carbonyl (C=O) groups excluding carboxylic acids is 1. The van der Waals surface area contributed by atoms with Crippen LogP contribution >= 0.6 is 0 Å². The molecule has 4 nitrogen and oxygen atoms in total. The number of nitrogens with zero attached hydrogens (tertiary/aromatic N) is 1. The fourth-order valence-electron chi connectivity index (χ4n) is 3.30. The van der Waals surface area contributed by atoms with Gasteiger partial charge in [-0.15, -0.1) is 0 Å². The van der Waals surface area contributed by atoms with Gasteiger partial charge in [-0.05, 0) is 43.5 Å². The van der Waals surface area contributed by atoms with Crippen LogP contribution in [0.15, 0.2) is 18.2 Å². The van der Waals surface area contributed by atoms with Gasteiger partial charge in [-0.3, -0.25) is 4.79 Å². The van der Waals surface area contributed by atoms with Crippen molar-refractivity contribution in [1.29, 1.82) is 0 Å². The van der Waals surface area contributed by atoms with Crippen molar-refractivity contribution in [2.75, 3.05) is 32.8 Å². The van der Waals surface area contributed by atoms with Crippen LogP contribution < -0.4 is 5.32 Å². The summed E-state index contributed by atoms with van der Waals surface area (Å²) in [5.74, 6) is 0.679. The Morgan fingerprint density at radius 2 is 2.38 bits per heavy atom. The molecule has 1 aromatic carbocycles. The Bertz CT molecular complexity index is 510. The maximum Gasteiger partial charge on any atom is 0.254 e. The molecule has 0 bridgehead atoms. The van der Waals surface area contributed by atoms with Crippen LogP contribution in [0.2, 0.25) is 0 Å². The molecular formula is C17H24N2O2. The highest BCUT2D eigenvalue weighted by molar-refractivity contribution is 5.96. The summed E-state index contributed by atoms with van der Waals surface area (Å²) in [5, 5.41) is 3.37. The second kappa shape index (κ2) is 6.58. The molecule has 1 N–H and O–H groups in total. The third-order valence-electron chi connectivity index (χ3n) is 4.54. The molecule has 1 aromatic rings. The molecule has 1 atom stereocenters. The van der Waals surface area contributed by atoms with E-state index in [-0.39, 0.29) is 5.91 Å². The van der Waals surface area contributed by atoms with Gasteiger partial charge in [-0.1, -0.05) is 12.1 Å². The van der Waals surface area contributed by atoms with Crippen LogP contribution in [-0.2, 0) is 17.7 Å². The highest BCUT2D eigenvalue weighted by Crippen LogP contribution is 2.22. The Balaban J connectivity index is 1.79. The average Bonchev–Trinajstić information content (AvgIpc) is 3.04. The van der Waals surface area contributed by atoms with Gasteiger partial charge in [-0.2, -0.15) is 0 Å². The average molecular weight is 288 g/mol. The van der Waals surface area contributed by atoms with Crippen LogP contribution in [0.3, 0.4) is 0 Å². The van der Waals surface area contributed by atoms with Crippen molar-refractivity contribution in [3.05, 3.63) is 34.9 Å². The lowest BCUT2D eigenvalue weighted by Gasteiger charge is -2.27. The molecule has 1 unspecified atom stereocenters. The van der Waals surface area contributed by atoms with Gasteiger partial charge in [0.2, 0.25) is 0 Å². The summed E-state index contributed by atoms with van der Waals surface area (Å²) in [6, 6.07) is 6.12. The van der Waals surface area contributed by atoms with Crippen LogP contribution in [0.25, 0.3) is 0 Å². The molecule has 0 radical (unpaired) electrons. The molecule has 114 valence electrons. The van der Waals surface area contributed by atoms with Crippen molar-refractivity contribution in [2.24, 2.45) is 5.92 Å². The minimum Gasteiger partial charge on any atom is -0.381 e. The van der Waals surface area contributed by atoms with E-state index in [9.17, 15) is 4.79 Å². The SMILES string of the molecule is CCN(CC1CCOC1)C(=O)c1cccc2c1CCNC2. The topological polar surface area (TPSA) is 41.6 Å². The zero-order chi connectivity index (χ0) is 14.7. The molecule has 1 fully saturated rings. The molecular weight excluding hydrogens is 264 g/mol. The lowest BCUT2D eigenvalue weighted by molar-refractivity contribution is 0.0729. The number of hydrogen-bond donors (Lipinski definition) is 1. The summed E-state index contributed by atoms with van der Waals surface area (Å²) in [6.07, 6.45) is 2.02. The molecule has 0 aliphatic carbocycles. The van der Waals surface area contributed by atoms with Crippen molar-refractivity contribution in [1.82, 2.24) is 10.2 Å². The number of amides is 1. The summed E-state index contributed by atoms with van der Waals surface area (Å²) in [6.45, 7) is 7.10. The highest BCUT2D eigenvalue weighted by atomic mass is 16.5. The summed E-state index contributed by atoms with van der Waals surface area (Å²) < 4.78 is 5.43. The third-order valence-corrected chi connectivity index (χ3v) is 4.54. The van der Waals surface area contributed by atoms with Crippen LogP contribution in [0.5, 0.6) is 0 Å². The van der Waals surface area contributed by atoms with Crippen molar-refractivity contribution in [3.63, 3.8) is 0 Å². The Labute approximate surface area is 126 Å². The van der Waals surface area contributed by atoms with Gasteiger partial charge in [0.05, 0.1) is 6.61 Å². The van der Waals surface area contributed by atoms with Gasteiger partial charge in [0, 0.05) is 37.7 Å². The van der Waals surface area contributed by atoms with E-state index in [1.54, 1.807) is 0 Å². The fraction of sp³-hybridized carbons (Fsp3) is 0.588. The van der Waals surface area contributed by atoms with E-state index in [1.165, 1.54) is 11.1 Å².